The largest absolute Gasteiger partial charge is 0.465 e. The van der Waals surface area contributed by atoms with Gasteiger partial charge in [0.25, 0.3) is 5.91 Å². The first-order valence-corrected chi connectivity index (χ1v) is 9.23. The average Bonchev–Trinajstić information content (AvgIpc) is 2.80. The molecule has 1 N–H and O–H groups in total. The lowest BCUT2D eigenvalue weighted by Crippen LogP contribution is -2.13. The SMILES string of the molecule is O=C(Nc1ccc(OC(c2ccccc2)c2ccccc2)nc1)c1ccncc1. The Kier molecular flexibility index (Phi) is 5.58. The molecule has 0 aliphatic heterocycles. The lowest BCUT2D eigenvalue weighted by molar-refractivity contribution is 0.102. The van der Waals surface area contributed by atoms with Gasteiger partial charge in [-0.25, -0.2) is 4.98 Å². The van der Waals surface area contributed by atoms with Crippen LogP contribution in [-0.2, 0) is 0 Å². The molecule has 0 saturated carbocycles. The van der Waals surface area contributed by atoms with E-state index in [0.29, 0.717) is 17.1 Å². The van der Waals surface area contributed by atoms with Crippen LogP contribution in [0.2, 0.25) is 0 Å². The second-order valence-electron chi connectivity index (χ2n) is 6.39. The number of benzene rings is 2. The summed E-state index contributed by atoms with van der Waals surface area (Å²) in [6, 6.07) is 26.8. The first-order chi connectivity index (χ1) is 14.3. The average molecular weight is 381 g/mol. The fourth-order valence-electron chi connectivity index (χ4n) is 2.94. The topological polar surface area (TPSA) is 64.1 Å². The first kappa shape index (κ1) is 18.4. The molecule has 0 radical (unpaired) electrons. The van der Waals surface area contributed by atoms with Crippen molar-refractivity contribution in [3.8, 4) is 5.88 Å². The van der Waals surface area contributed by atoms with Gasteiger partial charge in [-0.1, -0.05) is 60.7 Å². The Bertz CT molecular complexity index is 1010. The summed E-state index contributed by atoms with van der Waals surface area (Å²) in [5.74, 6) is 0.263. The zero-order chi connectivity index (χ0) is 19.9. The van der Waals surface area contributed by atoms with E-state index < -0.39 is 0 Å². The number of rotatable bonds is 6. The molecule has 0 unspecified atom stereocenters. The van der Waals surface area contributed by atoms with Crippen molar-refractivity contribution in [3.63, 3.8) is 0 Å². The highest BCUT2D eigenvalue weighted by atomic mass is 16.5. The molecular formula is C24H19N3O2. The highest BCUT2D eigenvalue weighted by Crippen LogP contribution is 2.27. The summed E-state index contributed by atoms with van der Waals surface area (Å²) >= 11 is 0. The Morgan fingerprint density at radius 1 is 0.793 bits per heavy atom. The molecule has 2 aromatic heterocycles. The molecule has 0 atom stereocenters. The zero-order valence-corrected chi connectivity index (χ0v) is 15.6. The number of hydrogen-bond acceptors (Lipinski definition) is 4. The van der Waals surface area contributed by atoms with Crippen LogP contribution < -0.4 is 10.1 Å². The van der Waals surface area contributed by atoms with Gasteiger partial charge in [0.15, 0.2) is 6.10 Å². The van der Waals surface area contributed by atoms with Crippen molar-refractivity contribution in [2.45, 2.75) is 6.10 Å². The fraction of sp³-hybridized carbons (Fsp3) is 0.0417. The molecule has 142 valence electrons. The van der Waals surface area contributed by atoms with Gasteiger partial charge in [0.2, 0.25) is 5.88 Å². The fourth-order valence-corrected chi connectivity index (χ4v) is 2.94. The molecule has 0 bridgehead atoms. The van der Waals surface area contributed by atoms with Gasteiger partial charge >= 0.3 is 0 Å². The van der Waals surface area contributed by atoms with Gasteiger partial charge in [0.1, 0.15) is 0 Å². The van der Waals surface area contributed by atoms with Crippen LogP contribution in [0.5, 0.6) is 5.88 Å². The minimum absolute atomic E-state index is 0.214. The molecular weight excluding hydrogens is 362 g/mol. The molecule has 0 aliphatic carbocycles. The van der Waals surface area contributed by atoms with Crippen molar-refractivity contribution in [2.24, 2.45) is 0 Å². The van der Waals surface area contributed by atoms with E-state index >= 15 is 0 Å². The van der Waals surface area contributed by atoms with Crippen LogP contribution in [0.15, 0.2) is 104 Å². The predicted molar refractivity (Wildman–Crippen MR) is 112 cm³/mol. The highest BCUT2D eigenvalue weighted by Gasteiger charge is 2.16. The van der Waals surface area contributed by atoms with E-state index in [1.165, 1.54) is 0 Å². The Balaban J connectivity index is 1.51. The number of hydrogen-bond donors (Lipinski definition) is 1. The Morgan fingerprint density at radius 2 is 1.41 bits per heavy atom. The molecule has 1 amide bonds. The normalized spacial score (nSPS) is 10.5. The van der Waals surface area contributed by atoms with Crippen LogP contribution >= 0.6 is 0 Å². The number of ether oxygens (including phenoxy) is 1. The third kappa shape index (κ3) is 4.65. The van der Waals surface area contributed by atoms with Gasteiger partial charge < -0.3 is 10.1 Å². The van der Waals surface area contributed by atoms with Gasteiger partial charge in [0.05, 0.1) is 11.9 Å². The van der Waals surface area contributed by atoms with Crippen LogP contribution in [0.3, 0.4) is 0 Å². The molecule has 0 spiro atoms. The van der Waals surface area contributed by atoms with Crippen molar-refractivity contribution in [1.82, 2.24) is 9.97 Å². The van der Waals surface area contributed by atoms with E-state index in [4.69, 9.17) is 4.74 Å². The van der Waals surface area contributed by atoms with Crippen molar-refractivity contribution in [2.75, 3.05) is 5.32 Å². The molecule has 4 aromatic rings. The lowest BCUT2D eigenvalue weighted by Gasteiger charge is -2.19. The van der Waals surface area contributed by atoms with Crippen molar-refractivity contribution >= 4 is 11.6 Å². The summed E-state index contributed by atoms with van der Waals surface area (Å²) in [6.45, 7) is 0. The maximum Gasteiger partial charge on any atom is 0.255 e. The van der Waals surface area contributed by atoms with Gasteiger partial charge in [0, 0.05) is 24.0 Å². The third-order valence-corrected chi connectivity index (χ3v) is 4.38. The van der Waals surface area contributed by atoms with E-state index in [2.05, 4.69) is 15.3 Å². The standard InChI is InChI=1S/C24H19N3O2/c28-24(20-13-15-25-16-14-20)27-21-11-12-22(26-17-21)29-23(18-7-3-1-4-8-18)19-9-5-2-6-10-19/h1-17,23H,(H,27,28). The number of anilines is 1. The summed E-state index contributed by atoms with van der Waals surface area (Å²) < 4.78 is 6.20. The molecule has 0 fully saturated rings. The monoisotopic (exact) mass is 381 g/mol. The second kappa shape index (κ2) is 8.80. The van der Waals surface area contributed by atoms with Gasteiger partial charge in [-0.2, -0.15) is 0 Å². The van der Waals surface area contributed by atoms with E-state index in [1.807, 2.05) is 60.7 Å². The van der Waals surface area contributed by atoms with Crippen molar-refractivity contribution in [1.29, 1.82) is 0 Å². The summed E-state index contributed by atoms with van der Waals surface area (Å²) in [5.41, 5.74) is 3.20. The number of pyridine rings is 2. The number of carbonyl (C=O) groups excluding carboxylic acids is 1. The Morgan fingerprint density at radius 3 is 1.97 bits per heavy atom. The van der Waals surface area contributed by atoms with E-state index in [-0.39, 0.29) is 12.0 Å². The van der Waals surface area contributed by atoms with E-state index in [9.17, 15) is 4.79 Å². The second-order valence-corrected chi connectivity index (χ2v) is 6.39. The molecule has 0 saturated heterocycles. The summed E-state index contributed by atoms with van der Waals surface area (Å²) in [4.78, 5) is 20.5. The molecule has 2 heterocycles. The summed E-state index contributed by atoms with van der Waals surface area (Å²) in [7, 11) is 0. The molecule has 4 rings (SSSR count). The van der Waals surface area contributed by atoms with Gasteiger partial charge in [-0.15, -0.1) is 0 Å². The summed E-state index contributed by atoms with van der Waals surface area (Å²) in [5, 5.41) is 2.82. The van der Waals surface area contributed by atoms with Crippen molar-refractivity contribution in [3.05, 3.63) is 120 Å². The molecule has 5 heteroatoms. The minimum Gasteiger partial charge on any atom is -0.465 e. The quantitative estimate of drug-likeness (QED) is 0.516. The third-order valence-electron chi connectivity index (χ3n) is 4.38. The first-order valence-electron chi connectivity index (χ1n) is 9.23. The van der Waals surface area contributed by atoms with E-state index in [1.54, 1.807) is 42.9 Å². The smallest absolute Gasteiger partial charge is 0.255 e. The number of aromatic nitrogens is 2. The van der Waals surface area contributed by atoms with Crippen molar-refractivity contribution < 1.29 is 9.53 Å². The maximum absolute atomic E-state index is 12.2. The minimum atomic E-state index is -0.276. The predicted octanol–water partition coefficient (Wildman–Crippen LogP) is 4.90. The van der Waals surface area contributed by atoms with E-state index in [0.717, 1.165) is 11.1 Å². The van der Waals surface area contributed by atoms with Gasteiger partial charge in [-0.05, 0) is 29.3 Å². The molecule has 29 heavy (non-hydrogen) atoms. The summed E-state index contributed by atoms with van der Waals surface area (Å²) in [6.07, 6.45) is 4.47. The molecule has 5 nitrogen and oxygen atoms in total. The van der Waals surface area contributed by atoms with Crippen LogP contribution in [0.1, 0.15) is 27.6 Å². The van der Waals surface area contributed by atoms with Crippen LogP contribution in [0.25, 0.3) is 0 Å². The van der Waals surface area contributed by atoms with Crippen LogP contribution in [-0.4, -0.2) is 15.9 Å². The van der Waals surface area contributed by atoms with Gasteiger partial charge in [-0.3, -0.25) is 9.78 Å². The Hall–Kier alpha value is -3.99. The number of nitrogens with zero attached hydrogens (tertiary/aromatic N) is 2. The lowest BCUT2D eigenvalue weighted by atomic mass is 10.0. The van der Waals surface area contributed by atoms with Crippen LogP contribution in [0, 0.1) is 0 Å². The molecule has 2 aromatic carbocycles. The number of amides is 1. The molecule has 0 aliphatic rings. The number of carbonyl (C=O) groups is 1. The maximum atomic E-state index is 12.2. The Labute approximate surface area is 169 Å². The highest BCUT2D eigenvalue weighted by molar-refractivity contribution is 6.04. The number of nitrogens with one attached hydrogen (secondary N) is 1. The van der Waals surface area contributed by atoms with Crippen LogP contribution in [0.4, 0.5) is 5.69 Å². The zero-order valence-electron chi connectivity index (χ0n) is 15.6.